The highest BCUT2D eigenvalue weighted by molar-refractivity contribution is 6.21. The molecular formula is C22H26O3. The molecular weight excluding hydrogens is 312 g/mol. The van der Waals surface area contributed by atoms with Crippen molar-refractivity contribution < 1.29 is 14.6 Å². The molecule has 0 spiro atoms. The van der Waals surface area contributed by atoms with Gasteiger partial charge in [0, 0.05) is 5.56 Å². The van der Waals surface area contributed by atoms with E-state index >= 15 is 0 Å². The molecule has 2 aromatic carbocycles. The van der Waals surface area contributed by atoms with E-state index < -0.39 is 5.97 Å². The zero-order valence-electron chi connectivity index (χ0n) is 15.2. The van der Waals surface area contributed by atoms with Crippen molar-refractivity contribution in [2.75, 3.05) is 6.61 Å². The summed E-state index contributed by atoms with van der Waals surface area (Å²) in [4.78, 5) is 11.9. The minimum Gasteiger partial charge on any atom is -0.493 e. The Balaban J connectivity index is 2.38. The Bertz CT molecular complexity index is 760. The summed E-state index contributed by atoms with van der Waals surface area (Å²) >= 11 is 0. The lowest BCUT2D eigenvalue weighted by Crippen LogP contribution is -2.03. The van der Waals surface area contributed by atoms with Crippen molar-refractivity contribution in [3.8, 4) is 5.75 Å². The van der Waals surface area contributed by atoms with Crippen molar-refractivity contribution in [2.24, 2.45) is 0 Å². The number of para-hydroxylation sites is 1. The molecule has 0 atom stereocenters. The standard InChI is InChI=1S/C22H26O3/c1-4-5-8-13-25-21-10-7-6-9-18(21)15-20(22(23)24)19-14-16(2)11-12-17(19)3/h6-7,9-12,14-15H,4-5,8,13H2,1-3H3,(H,23,24)/b20-15-. The Hall–Kier alpha value is -2.55. The Labute approximate surface area is 150 Å². The van der Waals surface area contributed by atoms with Crippen LogP contribution in [0.5, 0.6) is 5.75 Å². The first-order chi connectivity index (χ1) is 12.0. The summed E-state index contributed by atoms with van der Waals surface area (Å²) in [6, 6.07) is 13.4. The summed E-state index contributed by atoms with van der Waals surface area (Å²) in [5, 5.41) is 9.73. The monoisotopic (exact) mass is 338 g/mol. The third-order valence-corrected chi connectivity index (χ3v) is 4.14. The van der Waals surface area contributed by atoms with Gasteiger partial charge < -0.3 is 9.84 Å². The van der Waals surface area contributed by atoms with Gasteiger partial charge in [0.15, 0.2) is 0 Å². The third kappa shape index (κ3) is 5.21. The summed E-state index contributed by atoms with van der Waals surface area (Å²) < 4.78 is 5.87. The highest BCUT2D eigenvalue weighted by Crippen LogP contribution is 2.27. The molecule has 0 aliphatic carbocycles. The molecule has 0 fully saturated rings. The zero-order chi connectivity index (χ0) is 18.2. The number of carboxylic acid groups (broad SMARTS) is 1. The molecule has 0 saturated carbocycles. The molecule has 1 N–H and O–H groups in total. The number of unbranched alkanes of at least 4 members (excludes halogenated alkanes) is 2. The first-order valence-corrected chi connectivity index (χ1v) is 8.77. The predicted octanol–water partition coefficient (Wildman–Crippen LogP) is 5.50. The second kappa shape index (κ2) is 9.07. The lowest BCUT2D eigenvalue weighted by Gasteiger charge is -2.12. The topological polar surface area (TPSA) is 46.5 Å². The summed E-state index contributed by atoms with van der Waals surface area (Å²) in [6.45, 7) is 6.69. The van der Waals surface area contributed by atoms with Crippen LogP contribution < -0.4 is 4.74 Å². The third-order valence-electron chi connectivity index (χ3n) is 4.14. The Morgan fingerprint density at radius 1 is 1.12 bits per heavy atom. The molecule has 0 amide bonds. The van der Waals surface area contributed by atoms with E-state index in [0.717, 1.165) is 47.3 Å². The number of rotatable bonds is 8. The van der Waals surface area contributed by atoms with Crippen LogP contribution in [0.3, 0.4) is 0 Å². The fraction of sp³-hybridized carbons (Fsp3) is 0.318. The van der Waals surface area contributed by atoms with Crippen molar-refractivity contribution in [2.45, 2.75) is 40.0 Å². The fourth-order valence-corrected chi connectivity index (χ4v) is 2.70. The molecule has 0 radical (unpaired) electrons. The van der Waals surface area contributed by atoms with E-state index in [1.54, 1.807) is 6.08 Å². The van der Waals surface area contributed by atoms with Gasteiger partial charge in [0.1, 0.15) is 5.75 Å². The second-order valence-corrected chi connectivity index (χ2v) is 6.27. The van der Waals surface area contributed by atoms with E-state index in [9.17, 15) is 9.90 Å². The molecule has 3 nitrogen and oxygen atoms in total. The van der Waals surface area contributed by atoms with Crippen molar-refractivity contribution in [3.63, 3.8) is 0 Å². The molecule has 0 bridgehead atoms. The Morgan fingerprint density at radius 2 is 1.88 bits per heavy atom. The molecule has 132 valence electrons. The highest BCUT2D eigenvalue weighted by Gasteiger charge is 2.14. The molecule has 25 heavy (non-hydrogen) atoms. The lowest BCUT2D eigenvalue weighted by atomic mass is 9.96. The number of carboxylic acids is 1. The maximum Gasteiger partial charge on any atom is 0.336 e. The number of carbonyl (C=O) groups is 1. The van der Waals surface area contributed by atoms with Gasteiger partial charge in [-0.3, -0.25) is 0 Å². The molecule has 0 unspecified atom stereocenters. The summed E-state index contributed by atoms with van der Waals surface area (Å²) in [6.07, 6.45) is 4.97. The molecule has 0 saturated heterocycles. The average Bonchev–Trinajstić information content (AvgIpc) is 2.59. The van der Waals surface area contributed by atoms with Gasteiger partial charge in [-0.15, -0.1) is 0 Å². The van der Waals surface area contributed by atoms with E-state index in [0.29, 0.717) is 6.61 Å². The smallest absolute Gasteiger partial charge is 0.336 e. The van der Waals surface area contributed by atoms with E-state index in [-0.39, 0.29) is 5.57 Å². The van der Waals surface area contributed by atoms with Gasteiger partial charge in [-0.2, -0.15) is 0 Å². The second-order valence-electron chi connectivity index (χ2n) is 6.27. The van der Waals surface area contributed by atoms with Crippen LogP contribution in [0, 0.1) is 13.8 Å². The molecule has 0 aliphatic heterocycles. The van der Waals surface area contributed by atoms with Gasteiger partial charge >= 0.3 is 5.97 Å². The van der Waals surface area contributed by atoms with E-state index in [1.165, 1.54) is 0 Å². The van der Waals surface area contributed by atoms with Crippen LogP contribution in [-0.4, -0.2) is 17.7 Å². The minimum absolute atomic E-state index is 0.283. The van der Waals surface area contributed by atoms with Crippen molar-refractivity contribution >= 4 is 17.6 Å². The van der Waals surface area contributed by atoms with Gasteiger partial charge in [-0.25, -0.2) is 4.79 Å². The fourth-order valence-electron chi connectivity index (χ4n) is 2.70. The van der Waals surface area contributed by atoms with Crippen LogP contribution in [0.2, 0.25) is 0 Å². The minimum atomic E-state index is -0.936. The SMILES string of the molecule is CCCCCOc1ccccc1/C=C(\C(=O)O)c1cc(C)ccc1C. The normalized spacial score (nSPS) is 11.4. The quantitative estimate of drug-likeness (QED) is 0.393. The Morgan fingerprint density at radius 3 is 2.60 bits per heavy atom. The first kappa shape index (κ1) is 18.8. The molecule has 0 aromatic heterocycles. The van der Waals surface area contributed by atoms with E-state index in [4.69, 9.17) is 4.74 Å². The number of hydrogen-bond donors (Lipinski definition) is 1. The van der Waals surface area contributed by atoms with Crippen LogP contribution in [0.15, 0.2) is 42.5 Å². The van der Waals surface area contributed by atoms with Gasteiger partial charge in [0.05, 0.1) is 12.2 Å². The number of benzene rings is 2. The van der Waals surface area contributed by atoms with Gasteiger partial charge in [0.2, 0.25) is 0 Å². The largest absolute Gasteiger partial charge is 0.493 e. The molecule has 2 rings (SSSR count). The van der Waals surface area contributed by atoms with Gasteiger partial charge in [-0.1, -0.05) is 61.7 Å². The molecule has 2 aromatic rings. The number of aliphatic carboxylic acids is 1. The maximum absolute atomic E-state index is 11.9. The number of ether oxygens (including phenoxy) is 1. The highest BCUT2D eigenvalue weighted by atomic mass is 16.5. The lowest BCUT2D eigenvalue weighted by molar-refractivity contribution is -0.130. The van der Waals surface area contributed by atoms with Crippen LogP contribution in [0.25, 0.3) is 11.6 Å². The van der Waals surface area contributed by atoms with Crippen LogP contribution >= 0.6 is 0 Å². The van der Waals surface area contributed by atoms with Gasteiger partial charge in [-0.05, 0) is 43.5 Å². The zero-order valence-corrected chi connectivity index (χ0v) is 15.2. The van der Waals surface area contributed by atoms with Crippen LogP contribution in [-0.2, 0) is 4.79 Å². The van der Waals surface area contributed by atoms with Crippen LogP contribution in [0.4, 0.5) is 0 Å². The number of hydrogen-bond acceptors (Lipinski definition) is 2. The van der Waals surface area contributed by atoms with E-state index in [2.05, 4.69) is 6.92 Å². The summed E-state index contributed by atoms with van der Waals surface area (Å²) in [5.41, 5.74) is 3.80. The van der Waals surface area contributed by atoms with Crippen molar-refractivity contribution in [1.82, 2.24) is 0 Å². The summed E-state index contributed by atoms with van der Waals surface area (Å²) in [7, 11) is 0. The van der Waals surface area contributed by atoms with Crippen molar-refractivity contribution in [1.29, 1.82) is 0 Å². The number of aryl methyl sites for hydroxylation is 2. The molecule has 3 heteroatoms. The van der Waals surface area contributed by atoms with Crippen LogP contribution in [0.1, 0.15) is 48.4 Å². The predicted molar refractivity (Wildman–Crippen MR) is 103 cm³/mol. The summed E-state index contributed by atoms with van der Waals surface area (Å²) in [5.74, 6) is -0.211. The average molecular weight is 338 g/mol. The molecule has 0 aliphatic rings. The molecule has 0 heterocycles. The van der Waals surface area contributed by atoms with E-state index in [1.807, 2.05) is 56.3 Å². The first-order valence-electron chi connectivity index (χ1n) is 8.77. The van der Waals surface area contributed by atoms with Crippen molar-refractivity contribution in [3.05, 3.63) is 64.7 Å². The maximum atomic E-state index is 11.9. The van der Waals surface area contributed by atoms with Gasteiger partial charge in [0.25, 0.3) is 0 Å². The Kier molecular flexibility index (Phi) is 6.81.